The quantitative estimate of drug-likeness (QED) is 0.357. The molecule has 0 aliphatic heterocycles. The predicted octanol–water partition coefficient (Wildman–Crippen LogP) is 2.17. The molecule has 13 heavy (non-hydrogen) atoms. The summed E-state index contributed by atoms with van der Waals surface area (Å²) in [5.74, 6) is -0.759. The van der Waals surface area contributed by atoms with E-state index in [2.05, 4.69) is 0 Å². The highest BCUT2D eigenvalue weighted by molar-refractivity contribution is 5.66. The van der Waals surface area contributed by atoms with Crippen LogP contribution >= 0.6 is 0 Å². The van der Waals surface area contributed by atoms with E-state index in [0.29, 0.717) is 12.8 Å². The molecule has 0 atom stereocenters. The van der Waals surface area contributed by atoms with Gasteiger partial charge in [0.25, 0.3) is 0 Å². The molecule has 0 aromatic carbocycles. The Balaban J connectivity index is 3.12. The van der Waals surface area contributed by atoms with E-state index in [9.17, 15) is 9.59 Å². The van der Waals surface area contributed by atoms with Gasteiger partial charge < -0.3 is 9.90 Å². The molecule has 3 heteroatoms. The van der Waals surface area contributed by atoms with Crippen LogP contribution in [0.15, 0.2) is 12.2 Å². The fourth-order valence-corrected chi connectivity index (χ4v) is 0.932. The number of carboxylic acid groups (broad SMARTS) is 1. The lowest BCUT2D eigenvalue weighted by atomic mass is 10.2. The van der Waals surface area contributed by atoms with Crippen LogP contribution < -0.4 is 0 Å². The fraction of sp³-hybridized carbons (Fsp3) is 0.600. The van der Waals surface area contributed by atoms with E-state index in [4.69, 9.17) is 5.11 Å². The van der Waals surface area contributed by atoms with Crippen molar-refractivity contribution in [2.24, 2.45) is 0 Å². The van der Waals surface area contributed by atoms with Gasteiger partial charge in [0.05, 0.1) is 0 Å². The zero-order valence-corrected chi connectivity index (χ0v) is 7.74. The van der Waals surface area contributed by atoms with Crippen molar-refractivity contribution >= 4 is 12.3 Å². The van der Waals surface area contributed by atoms with Crippen LogP contribution in [0.3, 0.4) is 0 Å². The molecule has 3 nitrogen and oxygen atoms in total. The largest absolute Gasteiger partial charge is 0.481 e. The molecular formula is C10H16O3. The highest BCUT2D eigenvalue weighted by Gasteiger charge is 1.91. The first kappa shape index (κ1) is 11.9. The van der Waals surface area contributed by atoms with Crippen LogP contribution in [-0.2, 0) is 9.59 Å². The van der Waals surface area contributed by atoms with E-state index < -0.39 is 5.97 Å². The number of unbranched alkanes of at least 4 members (excludes halogenated alkanes) is 3. The molecule has 0 bridgehead atoms. The average Bonchev–Trinajstić information content (AvgIpc) is 2.09. The van der Waals surface area contributed by atoms with Crippen molar-refractivity contribution in [3.63, 3.8) is 0 Å². The van der Waals surface area contributed by atoms with Crippen molar-refractivity contribution in [3.8, 4) is 0 Å². The van der Waals surface area contributed by atoms with Crippen molar-refractivity contribution in [2.75, 3.05) is 0 Å². The van der Waals surface area contributed by atoms with E-state index >= 15 is 0 Å². The van der Waals surface area contributed by atoms with Crippen molar-refractivity contribution in [3.05, 3.63) is 12.2 Å². The molecule has 1 N–H and O–H groups in total. The summed E-state index contributed by atoms with van der Waals surface area (Å²) in [4.78, 5) is 20.0. The maximum atomic E-state index is 10.1. The highest BCUT2D eigenvalue weighted by atomic mass is 16.4. The second-order valence-electron chi connectivity index (χ2n) is 2.85. The Hall–Kier alpha value is -1.12. The summed E-state index contributed by atoms with van der Waals surface area (Å²) < 4.78 is 0. The molecule has 0 amide bonds. The Morgan fingerprint density at radius 3 is 2.31 bits per heavy atom. The zero-order chi connectivity index (χ0) is 9.94. The third-order valence-electron chi connectivity index (χ3n) is 1.63. The molecule has 0 aromatic rings. The van der Waals surface area contributed by atoms with Crippen molar-refractivity contribution < 1.29 is 14.7 Å². The van der Waals surface area contributed by atoms with Gasteiger partial charge in [-0.15, -0.1) is 0 Å². The first-order chi connectivity index (χ1) is 6.27. The summed E-state index contributed by atoms with van der Waals surface area (Å²) in [7, 11) is 0. The van der Waals surface area contributed by atoms with E-state index in [-0.39, 0.29) is 6.42 Å². The maximum absolute atomic E-state index is 10.1. The van der Waals surface area contributed by atoms with Crippen LogP contribution in [0.4, 0.5) is 0 Å². The molecule has 0 unspecified atom stereocenters. The summed E-state index contributed by atoms with van der Waals surface area (Å²) >= 11 is 0. The van der Waals surface area contributed by atoms with E-state index in [1.54, 1.807) is 0 Å². The Kier molecular flexibility index (Phi) is 8.20. The van der Waals surface area contributed by atoms with Crippen molar-refractivity contribution in [1.29, 1.82) is 0 Å². The number of rotatable bonds is 8. The van der Waals surface area contributed by atoms with Gasteiger partial charge in [0.2, 0.25) is 0 Å². The lowest BCUT2D eigenvalue weighted by Gasteiger charge is -1.91. The fourth-order valence-electron chi connectivity index (χ4n) is 0.932. The molecular weight excluding hydrogens is 168 g/mol. The number of hydrogen-bond acceptors (Lipinski definition) is 2. The minimum absolute atomic E-state index is 0.199. The molecule has 0 saturated carbocycles. The molecule has 0 radical (unpaired) electrons. The zero-order valence-electron chi connectivity index (χ0n) is 7.74. The smallest absolute Gasteiger partial charge is 0.303 e. The molecule has 0 rings (SSSR count). The molecule has 74 valence electrons. The van der Waals surface area contributed by atoms with Gasteiger partial charge >= 0.3 is 5.97 Å². The average molecular weight is 184 g/mol. The van der Waals surface area contributed by atoms with E-state index in [1.165, 1.54) is 0 Å². The SMILES string of the molecule is O=CCCCC/C=C/CCC(=O)O. The second kappa shape index (κ2) is 8.97. The number of hydrogen-bond donors (Lipinski definition) is 1. The Morgan fingerprint density at radius 1 is 1.08 bits per heavy atom. The third kappa shape index (κ3) is 10.9. The third-order valence-corrected chi connectivity index (χ3v) is 1.63. The number of carbonyl (C=O) groups is 2. The molecule has 0 fully saturated rings. The number of aliphatic carboxylic acids is 1. The van der Waals surface area contributed by atoms with Gasteiger partial charge in [-0.3, -0.25) is 4.79 Å². The minimum Gasteiger partial charge on any atom is -0.481 e. The lowest BCUT2D eigenvalue weighted by Crippen LogP contribution is -1.91. The maximum Gasteiger partial charge on any atom is 0.303 e. The van der Waals surface area contributed by atoms with Gasteiger partial charge in [-0.2, -0.15) is 0 Å². The standard InChI is InChI=1S/C10H16O3/c11-9-7-5-3-1-2-4-6-8-10(12)13/h2,4,9H,1,3,5-8H2,(H,12,13)/b4-2+. The molecule has 0 aliphatic rings. The van der Waals surface area contributed by atoms with Crippen molar-refractivity contribution in [1.82, 2.24) is 0 Å². The normalized spacial score (nSPS) is 10.5. The monoisotopic (exact) mass is 184 g/mol. The Morgan fingerprint density at radius 2 is 1.69 bits per heavy atom. The van der Waals surface area contributed by atoms with Crippen LogP contribution in [0.25, 0.3) is 0 Å². The summed E-state index contributed by atoms with van der Waals surface area (Å²) in [6.45, 7) is 0. The van der Waals surface area contributed by atoms with Crippen LogP contribution in [-0.4, -0.2) is 17.4 Å². The van der Waals surface area contributed by atoms with Gasteiger partial charge in [-0.1, -0.05) is 12.2 Å². The van der Waals surface area contributed by atoms with Crippen molar-refractivity contribution in [2.45, 2.75) is 38.5 Å². The Bertz CT molecular complexity index is 173. The van der Waals surface area contributed by atoms with Gasteiger partial charge in [0, 0.05) is 12.8 Å². The van der Waals surface area contributed by atoms with Gasteiger partial charge in [-0.05, 0) is 25.7 Å². The summed E-state index contributed by atoms with van der Waals surface area (Å²) in [5.41, 5.74) is 0. The first-order valence-corrected chi connectivity index (χ1v) is 4.58. The lowest BCUT2D eigenvalue weighted by molar-refractivity contribution is -0.136. The number of aldehydes is 1. The number of carbonyl (C=O) groups excluding carboxylic acids is 1. The topological polar surface area (TPSA) is 54.4 Å². The summed E-state index contributed by atoms with van der Waals surface area (Å²) in [6, 6.07) is 0. The number of carboxylic acids is 1. The van der Waals surface area contributed by atoms with E-state index in [1.807, 2.05) is 12.2 Å². The molecule has 0 spiro atoms. The highest BCUT2D eigenvalue weighted by Crippen LogP contribution is 2.00. The van der Waals surface area contributed by atoms with E-state index in [0.717, 1.165) is 25.5 Å². The summed E-state index contributed by atoms with van der Waals surface area (Å²) in [5, 5.41) is 8.31. The van der Waals surface area contributed by atoms with Gasteiger partial charge in [0.15, 0.2) is 0 Å². The molecule has 0 saturated heterocycles. The second-order valence-corrected chi connectivity index (χ2v) is 2.85. The molecule has 0 aromatic heterocycles. The van der Waals surface area contributed by atoms with Gasteiger partial charge in [-0.25, -0.2) is 0 Å². The van der Waals surface area contributed by atoms with Gasteiger partial charge in [0.1, 0.15) is 6.29 Å². The van der Waals surface area contributed by atoms with Crippen LogP contribution in [0.1, 0.15) is 38.5 Å². The van der Waals surface area contributed by atoms with Crippen LogP contribution in [0, 0.1) is 0 Å². The molecule has 0 aliphatic carbocycles. The predicted molar refractivity (Wildman–Crippen MR) is 50.5 cm³/mol. The first-order valence-electron chi connectivity index (χ1n) is 4.58. The summed E-state index contributed by atoms with van der Waals surface area (Å²) in [6.07, 6.45) is 9.08. The molecule has 0 heterocycles. The number of allylic oxidation sites excluding steroid dienone is 2. The van der Waals surface area contributed by atoms with Crippen LogP contribution in [0.2, 0.25) is 0 Å². The van der Waals surface area contributed by atoms with Crippen LogP contribution in [0.5, 0.6) is 0 Å². The Labute approximate surface area is 78.5 Å². The minimum atomic E-state index is -0.759.